The molecular formula is C28H32. The van der Waals surface area contributed by atoms with Crippen LogP contribution in [0.1, 0.15) is 75.8 Å². The van der Waals surface area contributed by atoms with E-state index in [1.807, 2.05) is 0 Å². The zero-order chi connectivity index (χ0) is 19.0. The zero-order valence-corrected chi connectivity index (χ0v) is 17.2. The maximum Gasteiger partial charge on any atom is 0.0451 e. The van der Waals surface area contributed by atoms with Gasteiger partial charge in [0.25, 0.3) is 0 Å². The predicted molar refractivity (Wildman–Crippen MR) is 120 cm³/mol. The lowest BCUT2D eigenvalue weighted by Crippen LogP contribution is -2.38. The van der Waals surface area contributed by atoms with E-state index in [9.17, 15) is 0 Å². The van der Waals surface area contributed by atoms with E-state index in [4.69, 9.17) is 0 Å². The molecule has 0 saturated heterocycles. The Hall–Kier alpha value is -2.08. The molecule has 2 aromatic rings. The first-order valence-corrected chi connectivity index (χ1v) is 11.4. The Labute approximate surface area is 170 Å². The minimum atomic E-state index is 0.102. The summed E-state index contributed by atoms with van der Waals surface area (Å²) in [6.07, 6.45) is 16.8. The minimum absolute atomic E-state index is 0.102. The zero-order valence-electron chi connectivity index (χ0n) is 17.2. The molecule has 3 aliphatic carbocycles. The van der Waals surface area contributed by atoms with Crippen molar-refractivity contribution in [3.8, 4) is 11.1 Å². The Morgan fingerprint density at radius 1 is 0.786 bits per heavy atom. The topological polar surface area (TPSA) is 0 Å². The van der Waals surface area contributed by atoms with Gasteiger partial charge in [-0.3, -0.25) is 0 Å². The van der Waals surface area contributed by atoms with Crippen LogP contribution >= 0.6 is 0 Å². The summed E-state index contributed by atoms with van der Waals surface area (Å²) in [7, 11) is 0. The lowest BCUT2D eigenvalue weighted by Gasteiger charge is -2.44. The second-order valence-corrected chi connectivity index (χ2v) is 8.92. The second kappa shape index (κ2) is 7.39. The molecule has 3 aliphatic rings. The van der Waals surface area contributed by atoms with Crippen LogP contribution in [-0.2, 0) is 5.41 Å². The van der Waals surface area contributed by atoms with Crippen LogP contribution in [0.25, 0.3) is 11.1 Å². The van der Waals surface area contributed by atoms with Gasteiger partial charge in [0.05, 0.1) is 0 Å². The van der Waals surface area contributed by atoms with Gasteiger partial charge < -0.3 is 0 Å². The van der Waals surface area contributed by atoms with Crippen molar-refractivity contribution < 1.29 is 0 Å². The summed E-state index contributed by atoms with van der Waals surface area (Å²) in [6, 6.07) is 18.6. The van der Waals surface area contributed by atoms with Gasteiger partial charge in [0.1, 0.15) is 0 Å². The molecule has 2 aromatic carbocycles. The van der Waals surface area contributed by atoms with E-state index in [0.29, 0.717) is 0 Å². The van der Waals surface area contributed by atoms with Gasteiger partial charge in [-0.05, 0) is 66.7 Å². The summed E-state index contributed by atoms with van der Waals surface area (Å²) >= 11 is 0. The molecule has 0 aliphatic heterocycles. The number of hydrogen-bond acceptors (Lipinski definition) is 0. The summed E-state index contributed by atoms with van der Waals surface area (Å²) in [5.74, 6) is 0.737. The van der Waals surface area contributed by atoms with Crippen molar-refractivity contribution in [2.75, 3.05) is 0 Å². The van der Waals surface area contributed by atoms with Crippen LogP contribution in [0.4, 0.5) is 0 Å². The van der Waals surface area contributed by atoms with Crippen LogP contribution in [-0.4, -0.2) is 0 Å². The normalized spacial score (nSPS) is 21.3. The molecule has 1 saturated carbocycles. The fourth-order valence-electron chi connectivity index (χ4n) is 6.40. The molecule has 0 heteroatoms. The van der Waals surface area contributed by atoms with Crippen molar-refractivity contribution in [2.24, 2.45) is 5.92 Å². The molecule has 0 N–H and O–H groups in total. The number of benzene rings is 2. The highest BCUT2D eigenvalue weighted by molar-refractivity contribution is 5.83. The lowest BCUT2D eigenvalue weighted by atomic mass is 9.59. The molecular weight excluding hydrogens is 336 g/mol. The van der Waals surface area contributed by atoms with Gasteiger partial charge in [0, 0.05) is 5.41 Å². The summed E-state index contributed by atoms with van der Waals surface area (Å²) < 4.78 is 0. The van der Waals surface area contributed by atoms with Crippen molar-refractivity contribution in [2.45, 2.75) is 70.1 Å². The number of hydrogen-bond donors (Lipinski definition) is 0. The molecule has 144 valence electrons. The van der Waals surface area contributed by atoms with Crippen molar-refractivity contribution in [1.82, 2.24) is 0 Å². The third-order valence-electron chi connectivity index (χ3n) is 7.66. The fraction of sp³-hybridized carbons (Fsp3) is 0.429. The standard InChI is InChI=1S/C28H32/c1-2-21-11-10-14-23(20-19-21)28(22-12-4-3-5-13-22)26-17-8-6-15-24(26)25-16-7-9-18-27(25)28/h6-9,11,14-18,22H,2-5,10,12-13,19-20H2,1H3. The highest BCUT2D eigenvalue weighted by Gasteiger charge is 2.50. The summed E-state index contributed by atoms with van der Waals surface area (Å²) in [4.78, 5) is 0. The molecule has 0 radical (unpaired) electrons. The van der Waals surface area contributed by atoms with Crippen LogP contribution in [0.3, 0.4) is 0 Å². The predicted octanol–water partition coefficient (Wildman–Crippen LogP) is 7.98. The van der Waals surface area contributed by atoms with E-state index < -0.39 is 0 Å². The molecule has 1 fully saturated rings. The lowest BCUT2D eigenvalue weighted by molar-refractivity contribution is 0.267. The Balaban J connectivity index is 1.73. The van der Waals surface area contributed by atoms with E-state index in [2.05, 4.69) is 67.6 Å². The molecule has 0 aromatic heterocycles. The largest absolute Gasteiger partial charge is 0.0815 e. The number of allylic oxidation sites excluding steroid dienone is 4. The molecule has 0 amide bonds. The fourth-order valence-corrected chi connectivity index (χ4v) is 6.40. The number of rotatable bonds is 3. The summed E-state index contributed by atoms with van der Waals surface area (Å²) in [5, 5.41) is 0. The van der Waals surface area contributed by atoms with Crippen LogP contribution in [0.2, 0.25) is 0 Å². The van der Waals surface area contributed by atoms with Gasteiger partial charge in [0.15, 0.2) is 0 Å². The van der Waals surface area contributed by atoms with Gasteiger partial charge in [-0.2, -0.15) is 0 Å². The highest BCUT2D eigenvalue weighted by atomic mass is 14.5. The van der Waals surface area contributed by atoms with Crippen LogP contribution in [0.5, 0.6) is 0 Å². The molecule has 0 nitrogen and oxygen atoms in total. The average Bonchev–Trinajstić information content (AvgIpc) is 2.89. The Kier molecular flexibility index (Phi) is 4.75. The first kappa shape index (κ1) is 18.0. The van der Waals surface area contributed by atoms with E-state index in [1.54, 1.807) is 22.3 Å². The Bertz CT molecular complexity index is 875. The van der Waals surface area contributed by atoms with E-state index in [1.165, 1.54) is 62.5 Å². The van der Waals surface area contributed by atoms with Crippen molar-refractivity contribution in [3.63, 3.8) is 0 Å². The van der Waals surface area contributed by atoms with Gasteiger partial charge in [-0.15, -0.1) is 0 Å². The quantitative estimate of drug-likeness (QED) is 0.482. The molecule has 28 heavy (non-hydrogen) atoms. The molecule has 0 unspecified atom stereocenters. The average molecular weight is 369 g/mol. The minimum Gasteiger partial charge on any atom is -0.0815 e. The highest BCUT2D eigenvalue weighted by Crippen LogP contribution is 2.60. The van der Waals surface area contributed by atoms with E-state index in [-0.39, 0.29) is 5.41 Å². The second-order valence-electron chi connectivity index (χ2n) is 8.92. The monoisotopic (exact) mass is 368 g/mol. The summed E-state index contributed by atoms with van der Waals surface area (Å²) in [5.41, 5.74) is 9.60. The van der Waals surface area contributed by atoms with Gasteiger partial charge in [0.2, 0.25) is 0 Å². The Morgan fingerprint density at radius 3 is 2.07 bits per heavy atom. The maximum absolute atomic E-state index is 2.61. The molecule has 5 rings (SSSR count). The van der Waals surface area contributed by atoms with Crippen molar-refractivity contribution in [1.29, 1.82) is 0 Å². The smallest absolute Gasteiger partial charge is 0.0451 e. The third-order valence-corrected chi connectivity index (χ3v) is 7.66. The van der Waals surface area contributed by atoms with E-state index in [0.717, 1.165) is 12.3 Å². The first-order valence-electron chi connectivity index (χ1n) is 11.4. The van der Waals surface area contributed by atoms with E-state index >= 15 is 0 Å². The molecule has 0 atom stereocenters. The van der Waals surface area contributed by atoms with Gasteiger partial charge in [-0.1, -0.05) is 98.0 Å². The van der Waals surface area contributed by atoms with Crippen molar-refractivity contribution in [3.05, 3.63) is 83.0 Å². The van der Waals surface area contributed by atoms with Crippen LogP contribution in [0.15, 0.2) is 71.8 Å². The molecule has 0 bridgehead atoms. The van der Waals surface area contributed by atoms with Gasteiger partial charge in [-0.25, -0.2) is 0 Å². The summed E-state index contributed by atoms with van der Waals surface area (Å²) in [6.45, 7) is 2.31. The first-order chi connectivity index (χ1) is 13.9. The van der Waals surface area contributed by atoms with Crippen LogP contribution < -0.4 is 0 Å². The number of fused-ring (bicyclic) bond motifs is 3. The molecule has 0 heterocycles. The van der Waals surface area contributed by atoms with Gasteiger partial charge >= 0.3 is 0 Å². The maximum atomic E-state index is 2.61. The Morgan fingerprint density at radius 2 is 1.43 bits per heavy atom. The SMILES string of the molecule is CCC1=CCC=C(C2(C3CCCCC3)c3ccccc3-c3ccccc32)CC1. The third kappa shape index (κ3) is 2.65. The van der Waals surface area contributed by atoms with Crippen LogP contribution in [0, 0.1) is 5.92 Å². The van der Waals surface area contributed by atoms with Crippen molar-refractivity contribution >= 4 is 0 Å². The molecule has 0 spiro atoms.